The molecule has 0 amide bonds. The highest BCUT2D eigenvalue weighted by Crippen LogP contribution is 2.42. The molecule has 1 unspecified atom stereocenters. The largest absolute Gasteiger partial charge is 0.368 e. The van der Waals surface area contributed by atoms with Crippen molar-refractivity contribution >= 4 is 11.3 Å². The molecule has 4 rings (SSSR count). The van der Waals surface area contributed by atoms with Crippen molar-refractivity contribution in [1.29, 1.82) is 5.26 Å². The second-order valence-corrected chi connectivity index (χ2v) is 7.20. The van der Waals surface area contributed by atoms with Crippen LogP contribution in [-0.2, 0) is 6.54 Å². The van der Waals surface area contributed by atoms with Crippen LogP contribution in [0.3, 0.4) is 0 Å². The molecule has 1 saturated heterocycles. The molecule has 2 aromatic rings. The van der Waals surface area contributed by atoms with E-state index < -0.39 is 0 Å². The van der Waals surface area contributed by atoms with Crippen molar-refractivity contribution in [3.63, 3.8) is 0 Å². The highest BCUT2D eigenvalue weighted by atomic mass is 15.3. The second-order valence-electron chi connectivity index (χ2n) is 7.20. The topological polar surface area (TPSA) is 30.3 Å². The molecule has 126 valence electrons. The summed E-state index contributed by atoms with van der Waals surface area (Å²) in [5.74, 6) is 0. The first-order valence-electron chi connectivity index (χ1n) is 8.90. The molecule has 1 atom stereocenters. The molecule has 0 saturated carbocycles. The van der Waals surface area contributed by atoms with Gasteiger partial charge in [0.15, 0.2) is 0 Å². The molecule has 0 aromatic heterocycles. The molecule has 1 aliphatic heterocycles. The number of piperazine rings is 1. The molecule has 3 nitrogen and oxygen atoms in total. The lowest BCUT2D eigenvalue weighted by Crippen LogP contribution is -2.51. The van der Waals surface area contributed by atoms with Gasteiger partial charge in [-0.25, -0.2) is 0 Å². The second kappa shape index (κ2) is 6.06. The van der Waals surface area contributed by atoms with E-state index >= 15 is 0 Å². The minimum absolute atomic E-state index is 0.451. The van der Waals surface area contributed by atoms with E-state index in [0.29, 0.717) is 6.04 Å². The first-order chi connectivity index (χ1) is 12.1. The number of para-hydroxylation sites is 1. The maximum atomic E-state index is 9.35. The minimum Gasteiger partial charge on any atom is -0.368 e. The van der Waals surface area contributed by atoms with E-state index in [0.717, 1.165) is 37.4 Å². The number of nitrogens with zero attached hydrogens (tertiary/aromatic N) is 3. The molecular formula is C22H23N3. The third kappa shape index (κ3) is 2.83. The van der Waals surface area contributed by atoms with Gasteiger partial charge in [0.2, 0.25) is 0 Å². The van der Waals surface area contributed by atoms with E-state index in [9.17, 15) is 5.26 Å². The van der Waals surface area contributed by atoms with Gasteiger partial charge in [0.1, 0.15) is 6.07 Å². The maximum Gasteiger partial charge on any atom is 0.101 e. The van der Waals surface area contributed by atoms with Crippen LogP contribution in [-0.4, -0.2) is 30.6 Å². The van der Waals surface area contributed by atoms with Crippen molar-refractivity contribution < 1.29 is 0 Å². The third-order valence-corrected chi connectivity index (χ3v) is 5.57. The number of rotatable bonds is 3. The standard InChI is InChI=1S/C22H23N3/c1-15-10-20-17(3)21(20)11-19(15)14-24-8-9-25(13-16(24)2)22-7-5-4-6-18(22)12-23/h4-7,10-11,16H,3,8-9,13-14H2,1-2H3. The van der Waals surface area contributed by atoms with Gasteiger partial charge in [-0.3, -0.25) is 4.90 Å². The predicted molar refractivity (Wildman–Crippen MR) is 103 cm³/mol. The lowest BCUT2D eigenvalue weighted by molar-refractivity contribution is 0.180. The molecule has 1 aliphatic carbocycles. The Hall–Kier alpha value is -2.57. The number of fused-ring (bicyclic) bond motifs is 1. The molecule has 1 heterocycles. The van der Waals surface area contributed by atoms with Gasteiger partial charge >= 0.3 is 0 Å². The van der Waals surface area contributed by atoms with Crippen LogP contribution >= 0.6 is 0 Å². The van der Waals surface area contributed by atoms with Crippen LogP contribution in [0.2, 0.25) is 0 Å². The fraction of sp³-hybridized carbons (Fsp3) is 0.318. The highest BCUT2D eigenvalue weighted by Gasteiger charge is 2.28. The van der Waals surface area contributed by atoms with Crippen molar-refractivity contribution in [3.8, 4) is 6.07 Å². The Labute approximate surface area is 149 Å². The van der Waals surface area contributed by atoms with Crippen molar-refractivity contribution in [2.24, 2.45) is 0 Å². The smallest absolute Gasteiger partial charge is 0.101 e. The summed E-state index contributed by atoms with van der Waals surface area (Å²) < 4.78 is 0. The molecule has 0 N–H and O–H groups in total. The predicted octanol–water partition coefficient (Wildman–Crippen LogP) is 3.95. The Morgan fingerprint density at radius 1 is 1.20 bits per heavy atom. The molecule has 2 aromatic carbocycles. The van der Waals surface area contributed by atoms with E-state index in [4.69, 9.17) is 0 Å². The molecule has 1 fully saturated rings. The van der Waals surface area contributed by atoms with Gasteiger partial charge in [0, 0.05) is 32.2 Å². The lowest BCUT2D eigenvalue weighted by atomic mass is 10.1. The van der Waals surface area contributed by atoms with Crippen molar-refractivity contribution in [1.82, 2.24) is 4.90 Å². The number of anilines is 1. The summed E-state index contributed by atoms with van der Waals surface area (Å²) in [6.45, 7) is 12.5. The Morgan fingerprint density at radius 3 is 2.72 bits per heavy atom. The number of nitriles is 1. The lowest BCUT2D eigenvalue weighted by Gasteiger charge is -2.41. The number of hydrogen-bond donors (Lipinski definition) is 0. The number of aryl methyl sites for hydroxylation is 1. The third-order valence-electron chi connectivity index (χ3n) is 5.57. The van der Waals surface area contributed by atoms with Crippen molar-refractivity contribution in [2.75, 3.05) is 24.5 Å². The average Bonchev–Trinajstić information content (AvgIpc) is 3.25. The molecule has 2 aliphatic rings. The number of benzene rings is 2. The fourth-order valence-corrected chi connectivity index (χ4v) is 3.87. The Bertz CT molecular complexity index is 891. The summed E-state index contributed by atoms with van der Waals surface area (Å²) >= 11 is 0. The zero-order valence-electron chi connectivity index (χ0n) is 14.9. The van der Waals surface area contributed by atoms with Crippen LogP contribution in [0, 0.1) is 18.3 Å². The Morgan fingerprint density at radius 2 is 1.96 bits per heavy atom. The van der Waals surface area contributed by atoms with Gasteiger partial charge < -0.3 is 4.90 Å². The molecule has 3 heteroatoms. The molecule has 0 radical (unpaired) electrons. The minimum atomic E-state index is 0.451. The van der Waals surface area contributed by atoms with Gasteiger partial charge in [-0.15, -0.1) is 0 Å². The summed E-state index contributed by atoms with van der Waals surface area (Å²) in [7, 11) is 0. The van der Waals surface area contributed by atoms with Gasteiger partial charge in [-0.1, -0.05) is 24.8 Å². The molecule has 25 heavy (non-hydrogen) atoms. The van der Waals surface area contributed by atoms with Gasteiger partial charge in [-0.05, 0) is 59.9 Å². The molecule has 0 bridgehead atoms. The molecular weight excluding hydrogens is 306 g/mol. The highest BCUT2D eigenvalue weighted by molar-refractivity contribution is 5.99. The SMILES string of the molecule is C=C1c2cc(C)c(CN3CCN(c4ccccc4C#N)CC3C)cc21. The van der Waals surface area contributed by atoms with E-state index in [1.54, 1.807) is 0 Å². The summed E-state index contributed by atoms with van der Waals surface area (Å²) in [5, 5.41) is 9.35. The van der Waals surface area contributed by atoms with E-state index in [1.165, 1.54) is 27.8 Å². The van der Waals surface area contributed by atoms with Crippen LogP contribution in [0.15, 0.2) is 43.0 Å². The van der Waals surface area contributed by atoms with Crippen molar-refractivity contribution in [3.05, 3.63) is 70.8 Å². The normalized spacial score (nSPS) is 19.5. The van der Waals surface area contributed by atoms with Gasteiger partial charge in [0.05, 0.1) is 11.3 Å². The monoisotopic (exact) mass is 329 g/mol. The van der Waals surface area contributed by atoms with E-state index in [-0.39, 0.29) is 0 Å². The van der Waals surface area contributed by atoms with Crippen LogP contribution < -0.4 is 4.90 Å². The summed E-state index contributed by atoms with van der Waals surface area (Å²) in [6.07, 6.45) is 0. The maximum absolute atomic E-state index is 9.35. The summed E-state index contributed by atoms with van der Waals surface area (Å²) in [6, 6.07) is 15.3. The molecule has 0 spiro atoms. The van der Waals surface area contributed by atoms with Gasteiger partial charge in [-0.2, -0.15) is 5.26 Å². The van der Waals surface area contributed by atoms with Crippen LogP contribution in [0.4, 0.5) is 5.69 Å². The quantitative estimate of drug-likeness (QED) is 0.729. The van der Waals surface area contributed by atoms with Gasteiger partial charge in [0.25, 0.3) is 0 Å². The summed E-state index contributed by atoms with van der Waals surface area (Å²) in [4.78, 5) is 4.90. The first-order valence-corrected chi connectivity index (χ1v) is 8.90. The van der Waals surface area contributed by atoms with Crippen LogP contribution in [0.5, 0.6) is 0 Å². The van der Waals surface area contributed by atoms with Crippen LogP contribution in [0.25, 0.3) is 5.57 Å². The number of hydrogen-bond acceptors (Lipinski definition) is 3. The zero-order chi connectivity index (χ0) is 17.6. The van der Waals surface area contributed by atoms with Crippen LogP contribution in [0.1, 0.15) is 34.7 Å². The Balaban J connectivity index is 1.48. The average molecular weight is 329 g/mol. The Kier molecular flexibility index (Phi) is 3.86. The zero-order valence-corrected chi connectivity index (χ0v) is 14.9. The van der Waals surface area contributed by atoms with Crippen molar-refractivity contribution in [2.45, 2.75) is 26.4 Å². The van der Waals surface area contributed by atoms with E-state index in [1.807, 2.05) is 18.2 Å². The fourth-order valence-electron chi connectivity index (χ4n) is 3.87. The summed E-state index contributed by atoms with van der Waals surface area (Å²) in [5.41, 5.74) is 8.50. The van der Waals surface area contributed by atoms with E-state index in [2.05, 4.69) is 54.5 Å². The first kappa shape index (κ1) is 15.9.